The Morgan fingerprint density at radius 1 is 1.59 bits per heavy atom. The average Bonchev–Trinajstić information content (AvgIpc) is 2.73. The average molecular weight is 253 g/mol. The van der Waals surface area contributed by atoms with Crippen LogP contribution < -0.4 is 0 Å². The zero-order valence-corrected chi connectivity index (χ0v) is 10.5. The number of piperidine rings is 1. The fourth-order valence-corrected chi connectivity index (χ4v) is 2.92. The van der Waals surface area contributed by atoms with Gasteiger partial charge in [-0.3, -0.25) is 4.79 Å². The number of thiophene rings is 1. The molecular formula is C12H15NO3S. The standard InChI is InChI=1S/C12H15NO3S/c1-8-3-2-6-13(11(8)14)7-9-4-5-10(17-9)12(15)16/h4-5,8H,2-3,6-7H2,1H3,(H,15,16). The lowest BCUT2D eigenvalue weighted by Crippen LogP contribution is -2.39. The molecule has 1 aromatic rings. The molecule has 4 nitrogen and oxygen atoms in total. The summed E-state index contributed by atoms with van der Waals surface area (Å²) in [7, 11) is 0. The summed E-state index contributed by atoms with van der Waals surface area (Å²) >= 11 is 1.24. The van der Waals surface area contributed by atoms with E-state index in [1.807, 2.05) is 11.8 Å². The van der Waals surface area contributed by atoms with Crippen LogP contribution in [0.2, 0.25) is 0 Å². The molecule has 0 radical (unpaired) electrons. The second kappa shape index (κ2) is 4.87. The smallest absolute Gasteiger partial charge is 0.345 e. The molecule has 0 aliphatic carbocycles. The number of rotatable bonds is 3. The van der Waals surface area contributed by atoms with Gasteiger partial charge in [-0.1, -0.05) is 6.92 Å². The summed E-state index contributed by atoms with van der Waals surface area (Å²) in [5.41, 5.74) is 0. The van der Waals surface area contributed by atoms with Gasteiger partial charge in [-0.2, -0.15) is 0 Å². The van der Waals surface area contributed by atoms with E-state index in [4.69, 9.17) is 5.11 Å². The molecule has 2 rings (SSSR count). The predicted molar refractivity (Wildman–Crippen MR) is 65.1 cm³/mol. The van der Waals surface area contributed by atoms with E-state index in [2.05, 4.69) is 0 Å². The van der Waals surface area contributed by atoms with Gasteiger partial charge in [-0.05, 0) is 25.0 Å². The third-order valence-corrected chi connectivity index (χ3v) is 4.08. The number of nitrogens with zero attached hydrogens (tertiary/aromatic N) is 1. The molecule has 0 spiro atoms. The molecule has 1 aliphatic heterocycles. The van der Waals surface area contributed by atoms with Gasteiger partial charge in [0, 0.05) is 17.3 Å². The number of aromatic carboxylic acids is 1. The maximum atomic E-state index is 11.9. The third-order valence-electron chi connectivity index (χ3n) is 3.02. The lowest BCUT2D eigenvalue weighted by atomic mass is 9.99. The van der Waals surface area contributed by atoms with Crippen molar-refractivity contribution in [1.82, 2.24) is 4.90 Å². The van der Waals surface area contributed by atoms with E-state index >= 15 is 0 Å². The van der Waals surface area contributed by atoms with Crippen molar-refractivity contribution in [3.63, 3.8) is 0 Å². The Morgan fingerprint density at radius 3 is 3.00 bits per heavy atom. The monoisotopic (exact) mass is 253 g/mol. The third kappa shape index (κ3) is 2.66. The highest BCUT2D eigenvalue weighted by molar-refractivity contribution is 7.13. The molecule has 2 heterocycles. The molecule has 1 saturated heterocycles. The van der Waals surface area contributed by atoms with Crippen LogP contribution in [0.4, 0.5) is 0 Å². The van der Waals surface area contributed by atoms with Crippen molar-refractivity contribution >= 4 is 23.2 Å². The first-order valence-electron chi connectivity index (χ1n) is 5.68. The van der Waals surface area contributed by atoms with Crippen LogP contribution in [-0.4, -0.2) is 28.4 Å². The van der Waals surface area contributed by atoms with Gasteiger partial charge < -0.3 is 10.0 Å². The van der Waals surface area contributed by atoms with Crippen LogP contribution in [0.15, 0.2) is 12.1 Å². The zero-order chi connectivity index (χ0) is 12.4. The summed E-state index contributed by atoms with van der Waals surface area (Å²) in [5.74, 6) is -0.622. The Hall–Kier alpha value is -1.36. The molecular weight excluding hydrogens is 238 g/mol. The molecule has 0 bridgehead atoms. The van der Waals surface area contributed by atoms with Crippen molar-refractivity contribution < 1.29 is 14.7 Å². The van der Waals surface area contributed by atoms with Gasteiger partial charge in [0.2, 0.25) is 5.91 Å². The Labute approximate surface area is 104 Å². The van der Waals surface area contributed by atoms with Crippen LogP contribution >= 0.6 is 11.3 Å². The maximum absolute atomic E-state index is 11.9. The number of hydrogen-bond donors (Lipinski definition) is 1. The van der Waals surface area contributed by atoms with Crippen LogP contribution in [0, 0.1) is 5.92 Å². The zero-order valence-electron chi connectivity index (χ0n) is 9.68. The summed E-state index contributed by atoms with van der Waals surface area (Å²) in [4.78, 5) is 25.7. The normalized spacial score (nSPS) is 20.6. The largest absolute Gasteiger partial charge is 0.477 e. The minimum Gasteiger partial charge on any atom is -0.477 e. The van der Waals surface area contributed by atoms with Crippen LogP contribution in [-0.2, 0) is 11.3 Å². The summed E-state index contributed by atoms with van der Waals surface area (Å²) in [5, 5.41) is 8.83. The van der Waals surface area contributed by atoms with Gasteiger partial charge in [-0.25, -0.2) is 4.79 Å². The molecule has 0 aromatic carbocycles. The van der Waals surface area contributed by atoms with Gasteiger partial charge in [0.05, 0.1) is 6.54 Å². The second-order valence-electron chi connectivity index (χ2n) is 4.37. The Balaban J connectivity index is 2.04. The van der Waals surface area contributed by atoms with Gasteiger partial charge in [-0.15, -0.1) is 11.3 Å². The molecule has 1 aromatic heterocycles. The second-order valence-corrected chi connectivity index (χ2v) is 5.54. The van der Waals surface area contributed by atoms with Gasteiger partial charge in [0.15, 0.2) is 0 Å². The number of carboxylic acids is 1. The first-order chi connectivity index (χ1) is 8.08. The van der Waals surface area contributed by atoms with E-state index in [9.17, 15) is 9.59 Å². The first kappa shape index (κ1) is 12.1. The molecule has 1 atom stereocenters. The number of likely N-dealkylation sites (tertiary alicyclic amines) is 1. The van der Waals surface area contributed by atoms with E-state index in [0.29, 0.717) is 11.4 Å². The van der Waals surface area contributed by atoms with E-state index in [-0.39, 0.29) is 11.8 Å². The first-order valence-corrected chi connectivity index (χ1v) is 6.50. The fraction of sp³-hybridized carbons (Fsp3) is 0.500. The summed E-state index contributed by atoms with van der Waals surface area (Å²) in [6.45, 7) is 3.27. The van der Waals surface area contributed by atoms with E-state index in [1.165, 1.54) is 11.3 Å². The minimum atomic E-state index is -0.903. The van der Waals surface area contributed by atoms with Gasteiger partial charge >= 0.3 is 5.97 Å². The molecule has 5 heteroatoms. The SMILES string of the molecule is CC1CCCN(Cc2ccc(C(=O)O)s2)C1=O. The predicted octanol–water partition coefficient (Wildman–Crippen LogP) is 2.20. The molecule has 1 aliphatic rings. The molecule has 1 N–H and O–H groups in total. The number of carbonyl (C=O) groups excluding carboxylic acids is 1. The number of carboxylic acid groups (broad SMARTS) is 1. The molecule has 1 fully saturated rings. The van der Waals surface area contributed by atoms with Crippen molar-refractivity contribution in [3.05, 3.63) is 21.9 Å². The van der Waals surface area contributed by atoms with Crippen molar-refractivity contribution in [2.45, 2.75) is 26.3 Å². The van der Waals surface area contributed by atoms with E-state index < -0.39 is 5.97 Å². The van der Waals surface area contributed by atoms with E-state index in [0.717, 1.165) is 24.3 Å². The highest BCUT2D eigenvalue weighted by Crippen LogP contribution is 2.23. The highest BCUT2D eigenvalue weighted by Gasteiger charge is 2.25. The van der Waals surface area contributed by atoms with Crippen LogP contribution in [0.25, 0.3) is 0 Å². The molecule has 0 saturated carbocycles. The fourth-order valence-electron chi connectivity index (χ4n) is 2.06. The van der Waals surface area contributed by atoms with Crippen molar-refractivity contribution in [2.24, 2.45) is 5.92 Å². The quantitative estimate of drug-likeness (QED) is 0.898. The minimum absolute atomic E-state index is 0.0997. The van der Waals surface area contributed by atoms with Crippen molar-refractivity contribution in [3.8, 4) is 0 Å². The number of carbonyl (C=O) groups is 2. The highest BCUT2D eigenvalue weighted by atomic mass is 32.1. The molecule has 1 amide bonds. The number of amides is 1. The Bertz CT molecular complexity index is 441. The summed E-state index contributed by atoms with van der Waals surface area (Å²) in [6, 6.07) is 3.39. The molecule has 92 valence electrons. The summed E-state index contributed by atoms with van der Waals surface area (Å²) in [6.07, 6.45) is 1.99. The lowest BCUT2D eigenvalue weighted by molar-refractivity contribution is -0.138. The van der Waals surface area contributed by atoms with Gasteiger partial charge in [0.1, 0.15) is 4.88 Å². The molecule has 17 heavy (non-hydrogen) atoms. The van der Waals surface area contributed by atoms with Crippen LogP contribution in [0.5, 0.6) is 0 Å². The molecule has 1 unspecified atom stereocenters. The Kier molecular flexibility index (Phi) is 3.47. The number of hydrogen-bond acceptors (Lipinski definition) is 3. The summed E-state index contributed by atoms with van der Waals surface area (Å²) < 4.78 is 0. The van der Waals surface area contributed by atoms with Crippen molar-refractivity contribution in [1.29, 1.82) is 0 Å². The Morgan fingerprint density at radius 2 is 2.35 bits per heavy atom. The maximum Gasteiger partial charge on any atom is 0.345 e. The van der Waals surface area contributed by atoms with E-state index in [1.54, 1.807) is 12.1 Å². The lowest BCUT2D eigenvalue weighted by Gasteiger charge is -2.30. The van der Waals surface area contributed by atoms with Crippen molar-refractivity contribution in [2.75, 3.05) is 6.54 Å². The topological polar surface area (TPSA) is 57.6 Å². The van der Waals surface area contributed by atoms with Crippen LogP contribution in [0.3, 0.4) is 0 Å². The van der Waals surface area contributed by atoms with Crippen LogP contribution in [0.1, 0.15) is 34.3 Å². The van der Waals surface area contributed by atoms with Gasteiger partial charge in [0.25, 0.3) is 0 Å².